The second-order valence-electron chi connectivity index (χ2n) is 12.7. The molecular weight excluding hydrogens is 716 g/mol. The Morgan fingerprint density at radius 1 is 1.08 bits per heavy atom. The van der Waals surface area contributed by atoms with Gasteiger partial charge in [-0.05, 0) is 30.9 Å². The third-order valence-corrected chi connectivity index (χ3v) is 10.7. The number of allylic oxidation sites excluding steroid dienone is 1. The van der Waals surface area contributed by atoms with Crippen LogP contribution in [-0.2, 0) is 35.0 Å². The molecule has 1 aliphatic carbocycles. The van der Waals surface area contributed by atoms with Gasteiger partial charge < -0.3 is 30.0 Å². The van der Waals surface area contributed by atoms with Crippen molar-refractivity contribution >= 4 is 46.7 Å². The average Bonchev–Trinajstić information content (AvgIpc) is 3.44. The number of aliphatic hydroxyl groups excluding tert-OH is 1. The molecular formula is C36H39ClN4O10S. The summed E-state index contributed by atoms with van der Waals surface area (Å²) < 4.78 is 19.3. The fourth-order valence-corrected chi connectivity index (χ4v) is 7.26. The van der Waals surface area contributed by atoms with Crippen molar-refractivity contribution in [1.29, 1.82) is 0 Å². The number of aromatic nitrogens is 2. The zero-order chi connectivity index (χ0) is 38.2. The van der Waals surface area contributed by atoms with E-state index in [9.17, 15) is 33.9 Å². The van der Waals surface area contributed by atoms with E-state index in [2.05, 4.69) is 10.6 Å². The number of ketones is 2. The molecule has 3 N–H and O–H groups in total. The average molecular weight is 755 g/mol. The van der Waals surface area contributed by atoms with E-state index in [1.807, 2.05) is 6.26 Å². The van der Waals surface area contributed by atoms with Crippen LogP contribution in [0.15, 0.2) is 62.2 Å². The number of hydrogen-bond acceptors (Lipinski definition) is 11. The van der Waals surface area contributed by atoms with Crippen LogP contribution in [-0.4, -0.2) is 69.7 Å². The summed E-state index contributed by atoms with van der Waals surface area (Å²) in [6.07, 6.45) is 1.29. The van der Waals surface area contributed by atoms with Gasteiger partial charge in [0.05, 0.1) is 20.8 Å². The molecule has 1 spiro atoms. The van der Waals surface area contributed by atoms with E-state index in [0.29, 0.717) is 5.56 Å². The first-order valence-corrected chi connectivity index (χ1v) is 17.8. The van der Waals surface area contributed by atoms with Crippen LogP contribution in [0.4, 0.5) is 0 Å². The predicted octanol–water partition coefficient (Wildman–Crippen LogP) is 3.21. The van der Waals surface area contributed by atoms with Crippen LogP contribution in [0.5, 0.6) is 17.2 Å². The van der Waals surface area contributed by atoms with Crippen LogP contribution in [0, 0.1) is 5.92 Å². The summed E-state index contributed by atoms with van der Waals surface area (Å²) in [5, 5.41) is 17.3. The van der Waals surface area contributed by atoms with Gasteiger partial charge in [-0.15, -0.1) is 11.8 Å². The summed E-state index contributed by atoms with van der Waals surface area (Å²) in [7, 11) is 5.55. The Morgan fingerprint density at radius 3 is 2.35 bits per heavy atom. The summed E-state index contributed by atoms with van der Waals surface area (Å²) in [6.45, 7) is 2.90. The molecule has 0 radical (unpaired) electrons. The lowest BCUT2D eigenvalue weighted by molar-refractivity contribution is -0.129. The summed E-state index contributed by atoms with van der Waals surface area (Å²) in [5.41, 5.74) is -2.60. The van der Waals surface area contributed by atoms with Crippen LogP contribution in [0.25, 0.3) is 0 Å². The van der Waals surface area contributed by atoms with Gasteiger partial charge in [0.25, 0.3) is 5.56 Å². The number of ether oxygens (including phenoxy) is 3. The molecule has 52 heavy (non-hydrogen) atoms. The van der Waals surface area contributed by atoms with Crippen LogP contribution in [0.2, 0.25) is 5.02 Å². The molecule has 2 aliphatic rings. The Morgan fingerprint density at radius 2 is 1.73 bits per heavy atom. The van der Waals surface area contributed by atoms with Crippen molar-refractivity contribution in [2.75, 3.05) is 20.5 Å². The highest BCUT2D eigenvalue weighted by Gasteiger charge is 2.61. The van der Waals surface area contributed by atoms with Gasteiger partial charge in [-0.1, -0.05) is 30.7 Å². The first-order valence-electron chi connectivity index (χ1n) is 16.2. The number of carbonyl (C=O) groups is 4. The highest BCUT2D eigenvalue weighted by Crippen LogP contribution is 2.55. The second-order valence-corrected chi connectivity index (χ2v) is 13.9. The van der Waals surface area contributed by atoms with Gasteiger partial charge in [-0.3, -0.25) is 33.1 Å². The van der Waals surface area contributed by atoms with E-state index in [4.69, 9.17) is 25.8 Å². The highest BCUT2D eigenvalue weighted by atomic mass is 35.5. The number of methoxy groups -OCH3 is 2. The van der Waals surface area contributed by atoms with Gasteiger partial charge in [0, 0.05) is 67.1 Å². The number of carbonyl (C=O) groups excluding carboxylic acids is 4. The van der Waals surface area contributed by atoms with E-state index < -0.39 is 70.3 Å². The molecule has 14 nitrogen and oxygen atoms in total. The molecule has 1 aliphatic heterocycles. The SMILES string of the molecule is COc1cc(OC)c2c(c1Cl)O[C@]1(C2=O)C(O)=C(C(CC(=O)N[C@@H](C)C(=O)NCc2cc(=O)n(C)c(=O)n2C)c2ccc(SC)cc2)C(=O)C[C@H]1C. The lowest BCUT2D eigenvalue weighted by Crippen LogP contribution is -2.53. The molecule has 276 valence electrons. The number of amides is 2. The Kier molecular flexibility index (Phi) is 11.0. The van der Waals surface area contributed by atoms with E-state index in [1.165, 1.54) is 63.7 Å². The normalized spacial score (nSPS) is 19.2. The molecule has 1 aromatic heterocycles. The van der Waals surface area contributed by atoms with Crippen molar-refractivity contribution in [2.24, 2.45) is 20.0 Å². The van der Waals surface area contributed by atoms with Crippen LogP contribution < -0.4 is 36.1 Å². The second kappa shape index (κ2) is 14.9. The molecule has 2 amide bonds. The molecule has 0 fully saturated rings. The number of benzene rings is 2. The third-order valence-electron chi connectivity index (χ3n) is 9.61. The van der Waals surface area contributed by atoms with Crippen molar-refractivity contribution in [2.45, 2.75) is 55.7 Å². The highest BCUT2D eigenvalue weighted by molar-refractivity contribution is 7.98. The minimum absolute atomic E-state index is 0.0187. The molecule has 0 saturated heterocycles. The first-order chi connectivity index (χ1) is 24.6. The quantitative estimate of drug-likeness (QED) is 0.244. The Balaban J connectivity index is 1.48. The molecule has 2 aromatic carbocycles. The van der Waals surface area contributed by atoms with Gasteiger partial charge in [-0.2, -0.15) is 0 Å². The molecule has 0 bridgehead atoms. The van der Waals surface area contributed by atoms with Gasteiger partial charge in [0.15, 0.2) is 17.3 Å². The molecule has 1 unspecified atom stereocenters. The number of aliphatic hydroxyl groups is 1. The maximum Gasteiger partial charge on any atom is 0.330 e. The minimum atomic E-state index is -2.06. The Bertz CT molecular complexity index is 2130. The van der Waals surface area contributed by atoms with Crippen LogP contribution >= 0.6 is 23.4 Å². The number of rotatable bonds is 11. The Labute approximate surface area is 308 Å². The number of hydrogen-bond donors (Lipinski definition) is 3. The molecule has 4 atom stereocenters. The first kappa shape index (κ1) is 38.2. The van der Waals surface area contributed by atoms with Crippen molar-refractivity contribution in [3.8, 4) is 17.2 Å². The summed E-state index contributed by atoms with van der Waals surface area (Å²) in [6, 6.07) is 8.64. The topological polar surface area (TPSA) is 184 Å². The van der Waals surface area contributed by atoms with E-state index in [0.717, 1.165) is 9.46 Å². The van der Waals surface area contributed by atoms with E-state index in [-0.39, 0.29) is 52.1 Å². The van der Waals surface area contributed by atoms with Gasteiger partial charge in [0.1, 0.15) is 28.1 Å². The molecule has 0 saturated carbocycles. The van der Waals surface area contributed by atoms with Crippen LogP contribution in [0.3, 0.4) is 0 Å². The van der Waals surface area contributed by atoms with Gasteiger partial charge in [0.2, 0.25) is 23.2 Å². The van der Waals surface area contributed by atoms with Crippen molar-refractivity contribution in [3.63, 3.8) is 0 Å². The fourth-order valence-electron chi connectivity index (χ4n) is 6.59. The maximum atomic E-state index is 14.3. The summed E-state index contributed by atoms with van der Waals surface area (Å²) in [4.78, 5) is 80.2. The zero-order valence-corrected chi connectivity index (χ0v) is 31.2. The third kappa shape index (κ3) is 6.58. The standard InChI is InChI=1S/C36H39ClN4O10S/c1-17-12-23(42)28(32(45)36(17)33(46)29-24(49-5)15-25(50-6)30(37)31(29)51-36)22(19-8-10-21(52-7)11-9-19)14-26(43)39-18(2)34(47)38-16-20-13-27(44)41(4)35(48)40(20)3/h8-11,13,15,17-18,22,45H,12,14,16H2,1-7H3,(H,38,47)(H,39,43)/t17-,18+,22?,36+/m1/s1. The van der Waals surface area contributed by atoms with Crippen molar-refractivity contribution in [3.05, 3.63) is 90.4 Å². The van der Waals surface area contributed by atoms with E-state index >= 15 is 0 Å². The van der Waals surface area contributed by atoms with Gasteiger partial charge >= 0.3 is 5.69 Å². The largest absolute Gasteiger partial charge is 0.507 e. The lowest BCUT2D eigenvalue weighted by Gasteiger charge is -2.38. The zero-order valence-electron chi connectivity index (χ0n) is 29.6. The molecule has 5 rings (SSSR count). The number of nitrogens with one attached hydrogen (secondary N) is 2. The molecule has 3 aromatic rings. The number of halogens is 1. The van der Waals surface area contributed by atoms with Crippen molar-refractivity contribution in [1.82, 2.24) is 19.8 Å². The minimum Gasteiger partial charge on any atom is -0.507 e. The van der Waals surface area contributed by atoms with Gasteiger partial charge in [-0.25, -0.2) is 4.79 Å². The summed E-state index contributed by atoms with van der Waals surface area (Å²) >= 11 is 8.07. The lowest BCUT2D eigenvalue weighted by atomic mass is 9.69. The molecule has 2 heterocycles. The predicted molar refractivity (Wildman–Crippen MR) is 193 cm³/mol. The van der Waals surface area contributed by atoms with Crippen molar-refractivity contribution < 1.29 is 38.5 Å². The fraction of sp³-hybridized carbons (Fsp3) is 0.389. The summed E-state index contributed by atoms with van der Waals surface area (Å²) in [5.74, 6) is -4.75. The number of thioether (sulfide) groups is 1. The number of fused-ring (bicyclic) bond motifs is 1. The molecule has 16 heteroatoms. The van der Waals surface area contributed by atoms with E-state index in [1.54, 1.807) is 31.2 Å². The Hall–Kier alpha value is -5.02. The monoisotopic (exact) mass is 754 g/mol. The smallest absolute Gasteiger partial charge is 0.330 e. The maximum absolute atomic E-state index is 14.3. The number of Topliss-reactive ketones (excluding diaryl/α,β-unsaturated/α-hetero) is 2. The van der Waals surface area contributed by atoms with Crippen LogP contribution in [0.1, 0.15) is 54.2 Å². The number of nitrogens with zero attached hydrogens (tertiary/aromatic N) is 2.